The summed E-state index contributed by atoms with van der Waals surface area (Å²) in [6, 6.07) is 9.45. The van der Waals surface area contributed by atoms with Crippen LogP contribution in [-0.4, -0.2) is 31.0 Å². The summed E-state index contributed by atoms with van der Waals surface area (Å²) in [6.45, 7) is 0. The first-order chi connectivity index (χ1) is 12.4. The van der Waals surface area contributed by atoms with Crippen molar-refractivity contribution in [3.05, 3.63) is 54.3 Å². The Labute approximate surface area is 153 Å². The second-order valence-corrected chi connectivity index (χ2v) is 8.41. The monoisotopic (exact) mass is 413 g/mol. The highest BCUT2D eigenvalue weighted by molar-refractivity contribution is 7.86. The van der Waals surface area contributed by atoms with E-state index in [9.17, 15) is 26.3 Å². The van der Waals surface area contributed by atoms with Gasteiger partial charge in [-0.25, -0.2) is 4.39 Å². The molecular weight excluding hydrogens is 401 g/mol. The second-order valence-electron chi connectivity index (χ2n) is 5.60. The number of anilines is 2. The van der Waals surface area contributed by atoms with E-state index >= 15 is 0 Å². The topological polar surface area (TPSA) is 141 Å². The molecule has 3 aromatic carbocycles. The lowest BCUT2D eigenvalue weighted by molar-refractivity contribution is 0.470. The van der Waals surface area contributed by atoms with Gasteiger partial charge in [0, 0.05) is 22.8 Å². The molecule has 0 spiro atoms. The first kappa shape index (κ1) is 19.0. The van der Waals surface area contributed by atoms with E-state index in [-0.39, 0.29) is 11.1 Å². The van der Waals surface area contributed by atoms with Crippen molar-refractivity contribution in [3.63, 3.8) is 0 Å². The molecule has 0 atom stereocenters. The lowest BCUT2D eigenvalue weighted by Gasteiger charge is -2.10. The number of phenols is 1. The van der Waals surface area contributed by atoms with E-state index in [2.05, 4.69) is 5.32 Å². The predicted molar refractivity (Wildman–Crippen MR) is 94.9 cm³/mol. The lowest BCUT2D eigenvalue weighted by atomic mass is 10.1. The highest BCUT2D eigenvalue weighted by Crippen LogP contribution is 2.32. The normalized spacial score (nSPS) is 12.3. The molecule has 4 N–H and O–H groups in total. The van der Waals surface area contributed by atoms with E-state index in [1.807, 2.05) is 0 Å². The van der Waals surface area contributed by atoms with E-state index in [1.165, 1.54) is 30.3 Å². The van der Waals surface area contributed by atoms with Gasteiger partial charge in [0.25, 0.3) is 20.2 Å². The Hall–Kier alpha value is -2.73. The van der Waals surface area contributed by atoms with Crippen LogP contribution < -0.4 is 5.32 Å². The van der Waals surface area contributed by atoms with Crippen LogP contribution in [0.3, 0.4) is 0 Å². The average Bonchev–Trinajstić information content (AvgIpc) is 2.55. The molecule has 3 rings (SSSR count). The third-order valence-corrected chi connectivity index (χ3v) is 5.40. The molecule has 0 aliphatic rings. The number of hydrogen-bond acceptors (Lipinski definition) is 6. The molecule has 0 aliphatic carbocycles. The Balaban J connectivity index is 2.03. The molecule has 0 unspecified atom stereocenters. The van der Waals surface area contributed by atoms with Crippen molar-refractivity contribution in [1.29, 1.82) is 0 Å². The molecule has 27 heavy (non-hydrogen) atoms. The fraction of sp³-hybridized carbons (Fsp3) is 0. The molecule has 0 radical (unpaired) electrons. The van der Waals surface area contributed by atoms with Crippen LogP contribution in [0, 0.1) is 5.82 Å². The molecule has 0 heterocycles. The minimum atomic E-state index is -4.74. The maximum absolute atomic E-state index is 13.5. The Morgan fingerprint density at radius 3 is 2.07 bits per heavy atom. The Morgan fingerprint density at radius 2 is 1.44 bits per heavy atom. The Morgan fingerprint density at radius 1 is 0.815 bits per heavy atom. The summed E-state index contributed by atoms with van der Waals surface area (Å²) in [5, 5.41) is 13.4. The summed E-state index contributed by atoms with van der Waals surface area (Å²) in [5.74, 6) is -1.52. The van der Waals surface area contributed by atoms with Gasteiger partial charge in [-0.05, 0) is 41.8 Å². The van der Waals surface area contributed by atoms with Crippen LogP contribution in [0.5, 0.6) is 5.75 Å². The van der Waals surface area contributed by atoms with E-state index in [0.717, 1.165) is 18.2 Å². The number of benzene rings is 3. The van der Waals surface area contributed by atoms with E-state index in [4.69, 9.17) is 9.11 Å². The van der Waals surface area contributed by atoms with Crippen molar-refractivity contribution in [2.24, 2.45) is 0 Å². The van der Waals surface area contributed by atoms with Gasteiger partial charge in [-0.1, -0.05) is 6.07 Å². The van der Waals surface area contributed by atoms with Crippen molar-refractivity contribution >= 4 is 42.4 Å². The zero-order valence-electron chi connectivity index (χ0n) is 13.3. The smallest absolute Gasteiger partial charge is 0.297 e. The van der Waals surface area contributed by atoms with Crippen LogP contribution in [0.4, 0.5) is 15.8 Å². The minimum Gasteiger partial charge on any atom is -0.507 e. The lowest BCUT2D eigenvalue weighted by Crippen LogP contribution is -2.02. The van der Waals surface area contributed by atoms with E-state index < -0.39 is 41.6 Å². The minimum absolute atomic E-state index is 0.150. The van der Waals surface area contributed by atoms with Gasteiger partial charge in [0.1, 0.15) is 16.5 Å². The first-order valence-electron chi connectivity index (χ1n) is 7.23. The van der Waals surface area contributed by atoms with Crippen molar-refractivity contribution in [3.8, 4) is 5.75 Å². The molecule has 0 fully saturated rings. The highest BCUT2D eigenvalue weighted by Gasteiger charge is 2.17. The van der Waals surface area contributed by atoms with Crippen LogP contribution in [0.1, 0.15) is 0 Å². The van der Waals surface area contributed by atoms with E-state index in [1.54, 1.807) is 0 Å². The molecule has 0 aliphatic heterocycles. The summed E-state index contributed by atoms with van der Waals surface area (Å²) < 4.78 is 76.4. The highest BCUT2D eigenvalue weighted by atomic mass is 32.2. The van der Waals surface area contributed by atoms with Crippen LogP contribution in [0.25, 0.3) is 10.8 Å². The molecular formula is C16H12FNO7S2. The molecule has 0 amide bonds. The summed E-state index contributed by atoms with van der Waals surface area (Å²) in [5.41, 5.74) is 0.516. The standard InChI is InChI=1S/C16H12FNO7S2/c17-14-4-3-11(7-16(14)27(23,24)25)18-10-2-1-9-5-12(26(20,21)22)8-15(19)13(9)6-10/h1-8,18-19H,(H,20,21,22)(H,23,24,25). The van der Waals surface area contributed by atoms with Crippen LogP contribution >= 0.6 is 0 Å². The molecule has 142 valence electrons. The van der Waals surface area contributed by atoms with Crippen molar-refractivity contribution < 1.29 is 35.4 Å². The summed E-state index contributed by atoms with van der Waals surface area (Å²) in [6.07, 6.45) is 0. The number of halogens is 1. The predicted octanol–water partition coefficient (Wildman–Crippen LogP) is 2.92. The maximum atomic E-state index is 13.5. The number of aromatic hydroxyl groups is 1. The third kappa shape index (κ3) is 4.01. The van der Waals surface area contributed by atoms with Gasteiger partial charge in [-0.3, -0.25) is 9.11 Å². The van der Waals surface area contributed by atoms with Crippen LogP contribution in [0.2, 0.25) is 0 Å². The largest absolute Gasteiger partial charge is 0.507 e. The van der Waals surface area contributed by atoms with E-state index in [0.29, 0.717) is 11.1 Å². The molecule has 3 aromatic rings. The molecule has 8 nitrogen and oxygen atoms in total. The zero-order valence-corrected chi connectivity index (χ0v) is 14.9. The number of hydrogen-bond donors (Lipinski definition) is 4. The van der Waals surface area contributed by atoms with Crippen molar-refractivity contribution in [2.75, 3.05) is 5.32 Å². The maximum Gasteiger partial charge on any atom is 0.297 e. The van der Waals surface area contributed by atoms with Gasteiger partial charge in [0.2, 0.25) is 0 Å². The fourth-order valence-electron chi connectivity index (χ4n) is 2.48. The molecule has 11 heteroatoms. The summed E-state index contributed by atoms with van der Waals surface area (Å²) >= 11 is 0. The molecule has 0 saturated heterocycles. The third-order valence-electron chi connectivity index (χ3n) is 3.70. The van der Waals surface area contributed by atoms with Gasteiger partial charge >= 0.3 is 0 Å². The molecule has 0 aromatic heterocycles. The Kier molecular flexibility index (Phi) is 4.56. The van der Waals surface area contributed by atoms with Gasteiger partial charge in [-0.15, -0.1) is 0 Å². The summed E-state index contributed by atoms with van der Waals surface area (Å²) in [7, 11) is -9.23. The number of nitrogens with one attached hydrogen (secondary N) is 1. The first-order valence-corrected chi connectivity index (χ1v) is 10.1. The van der Waals surface area contributed by atoms with Crippen molar-refractivity contribution in [2.45, 2.75) is 9.79 Å². The number of fused-ring (bicyclic) bond motifs is 1. The van der Waals surface area contributed by atoms with Crippen LogP contribution in [0.15, 0.2) is 58.3 Å². The van der Waals surface area contributed by atoms with Gasteiger partial charge in [0.15, 0.2) is 0 Å². The number of rotatable bonds is 4. The molecule has 0 bridgehead atoms. The molecule has 0 saturated carbocycles. The van der Waals surface area contributed by atoms with Crippen LogP contribution in [-0.2, 0) is 20.2 Å². The number of phenolic OH excluding ortho intramolecular Hbond substituents is 1. The van der Waals surface area contributed by atoms with Gasteiger partial charge < -0.3 is 10.4 Å². The second kappa shape index (κ2) is 6.46. The average molecular weight is 413 g/mol. The van der Waals surface area contributed by atoms with Gasteiger partial charge in [0.05, 0.1) is 4.90 Å². The quantitative estimate of drug-likeness (QED) is 0.479. The zero-order chi connectivity index (χ0) is 20.0. The Bertz CT molecular complexity index is 1270. The summed E-state index contributed by atoms with van der Waals surface area (Å²) in [4.78, 5) is -1.36. The SMILES string of the molecule is O=S(=O)(O)c1cc(O)c2cc(Nc3ccc(F)c(S(=O)(=O)O)c3)ccc2c1. The van der Waals surface area contributed by atoms with Gasteiger partial charge in [-0.2, -0.15) is 16.8 Å². The fourth-order valence-corrected chi connectivity index (χ4v) is 3.61. The van der Waals surface area contributed by atoms with Crippen molar-refractivity contribution in [1.82, 2.24) is 0 Å².